The van der Waals surface area contributed by atoms with Crippen LogP contribution in [0.1, 0.15) is 17.0 Å². The van der Waals surface area contributed by atoms with E-state index in [9.17, 15) is 0 Å². The third-order valence-corrected chi connectivity index (χ3v) is 4.71. The van der Waals surface area contributed by atoms with Crippen molar-refractivity contribution < 1.29 is 0 Å². The van der Waals surface area contributed by atoms with Crippen molar-refractivity contribution >= 4 is 27.3 Å². The first kappa shape index (κ1) is 11.4. The van der Waals surface area contributed by atoms with Crippen molar-refractivity contribution in [2.45, 2.75) is 25.3 Å². The highest BCUT2D eigenvalue weighted by molar-refractivity contribution is 9.10. The topological polar surface area (TPSA) is 38.9 Å². The maximum Gasteiger partial charge on any atom is 0.123 e. The Morgan fingerprint density at radius 1 is 1.41 bits per heavy atom. The standard InChI is InChI=1S/C13H13BrN2S/c14-9-3-1-2-8(6-9)13-16-11-5-4-10(15)7-12(11)17-13/h1-3,6,10H,4-5,7,15H2. The number of nitrogens with two attached hydrogens (primary N) is 1. The van der Waals surface area contributed by atoms with Crippen LogP contribution in [0.3, 0.4) is 0 Å². The van der Waals surface area contributed by atoms with Crippen LogP contribution >= 0.6 is 27.3 Å². The number of hydrogen-bond acceptors (Lipinski definition) is 3. The predicted octanol–water partition coefficient (Wildman–Crippen LogP) is 3.39. The minimum Gasteiger partial charge on any atom is -0.327 e. The summed E-state index contributed by atoms with van der Waals surface area (Å²) in [5, 5.41) is 1.12. The molecule has 2 aromatic rings. The lowest BCUT2D eigenvalue weighted by molar-refractivity contribution is 0.576. The van der Waals surface area contributed by atoms with E-state index in [4.69, 9.17) is 10.7 Å². The van der Waals surface area contributed by atoms with Crippen LogP contribution in [0.2, 0.25) is 0 Å². The lowest BCUT2D eigenvalue weighted by Crippen LogP contribution is -2.26. The van der Waals surface area contributed by atoms with Gasteiger partial charge in [-0.15, -0.1) is 11.3 Å². The molecule has 2 nitrogen and oxygen atoms in total. The molecule has 17 heavy (non-hydrogen) atoms. The summed E-state index contributed by atoms with van der Waals surface area (Å²) in [7, 11) is 0. The third-order valence-electron chi connectivity index (χ3n) is 3.05. The SMILES string of the molecule is NC1CCc2nc(-c3cccc(Br)c3)sc2C1. The summed E-state index contributed by atoms with van der Waals surface area (Å²) in [4.78, 5) is 6.11. The van der Waals surface area contributed by atoms with Crippen molar-refractivity contribution in [1.29, 1.82) is 0 Å². The lowest BCUT2D eigenvalue weighted by atomic mass is 9.99. The van der Waals surface area contributed by atoms with E-state index in [1.54, 1.807) is 11.3 Å². The molecule has 0 fully saturated rings. The molecule has 1 heterocycles. The molecule has 3 rings (SSSR count). The highest BCUT2D eigenvalue weighted by Crippen LogP contribution is 2.33. The number of fused-ring (bicyclic) bond motifs is 1. The summed E-state index contributed by atoms with van der Waals surface area (Å²) >= 11 is 5.29. The zero-order valence-corrected chi connectivity index (χ0v) is 11.7. The lowest BCUT2D eigenvalue weighted by Gasteiger charge is -2.15. The average molecular weight is 309 g/mol. The molecule has 0 aliphatic heterocycles. The summed E-state index contributed by atoms with van der Waals surface area (Å²) in [6, 6.07) is 8.62. The summed E-state index contributed by atoms with van der Waals surface area (Å²) in [5.74, 6) is 0. The molecule has 0 saturated heterocycles. The molecule has 0 saturated carbocycles. The normalized spacial score (nSPS) is 19.1. The number of hydrogen-bond donors (Lipinski definition) is 1. The van der Waals surface area contributed by atoms with Crippen LogP contribution in [0.25, 0.3) is 10.6 Å². The Hall–Kier alpha value is -0.710. The van der Waals surface area contributed by atoms with Crippen LogP contribution in [0.4, 0.5) is 0 Å². The van der Waals surface area contributed by atoms with Crippen LogP contribution < -0.4 is 5.73 Å². The fourth-order valence-electron chi connectivity index (χ4n) is 2.15. The van der Waals surface area contributed by atoms with E-state index in [1.807, 2.05) is 12.1 Å². The Kier molecular flexibility index (Phi) is 3.03. The van der Waals surface area contributed by atoms with E-state index >= 15 is 0 Å². The van der Waals surface area contributed by atoms with Gasteiger partial charge in [0.1, 0.15) is 5.01 Å². The molecule has 1 aromatic heterocycles. The second-order valence-electron chi connectivity index (χ2n) is 4.40. The summed E-state index contributed by atoms with van der Waals surface area (Å²) in [6.07, 6.45) is 3.08. The van der Waals surface area contributed by atoms with E-state index < -0.39 is 0 Å². The van der Waals surface area contributed by atoms with E-state index in [-0.39, 0.29) is 0 Å². The second kappa shape index (κ2) is 4.52. The minimum absolute atomic E-state index is 0.318. The van der Waals surface area contributed by atoms with Crippen molar-refractivity contribution in [2.24, 2.45) is 5.73 Å². The molecule has 88 valence electrons. The maximum absolute atomic E-state index is 5.99. The monoisotopic (exact) mass is 308 g/mol. The number of aromatic nitrogens is 1. The van der Waals surface area contributed by atoms with Crippen LogP contribution in [0.15, 0.2) is 28.7 Å². The van der Waals surface area contributed by atoms with Gasteiger partial charge >= 0.3 is 0 Å². The van der Waals surface area contributed by atoms with Gasteiger partial charge in [-0.2, -0.15) is 0 Å². The van der Waals surface area contributed by atoms with Gasteiger partial charge in [-0.1, -0.05) is 28.1 Å². The molecule has 0 amide bonds. The van der Waals surface area contributed by atoms with Crippen molar-refractivity contribution in [1.82, 2.24) is 4.98 Å². The molecule has 0 radical (unpaired) electrons. The highest BCUT2D eigenvalue weighted by atomic mass is 79.9. The largest absolute Gasteiger partial charge is 0.327 e. The van der Waals surface area contributed by atoms with Crippen LogP contribution in [-0.4, -0.2) is 11.0 Å². The van der Waals surface area contributed by atoms with Crippen molar-refractivity contribution in [3.63, 3.8) is 0 Å². The zero-order chi connectivity index (χ0) is 11.8. The van der Waals surface area contributed by atoms with E-state index in [0.29, 0.717) is 6.04 Å². The number of thiazole rings is 1. The molecular formula is C13H13BrN2S. The molecule has 4 heteroatoms. The van der Waals surface area contributed by atoms with Crippen LogP contribution in [-0.2, 0) is 12.8 Å². The van der Waals surface area contributed by atoms with Gasteiger partial charge in [-0.05, 0) is 31.4 Å². The summed E-state index contributed by atoms with van der Waals surface area (Å²) in [6.45, 7) is 0. The Morgan fingerprint density at radius 2 is 2.29 bits per heavy atom. The van der Waals surface area contributed by atoms with Gasteiger partial charge < -0.3 is 5.73 Å². The maximum atomic E-state index is 5.99. The quantitative estimate of drug-likeness (QED) is 0.877. The zero-order valence-electron chi connectivity index (χ0n) is 9.32. The Morgan fingerprint density at radius 3 is 3.12 bits per heavy atom. The summed E-state index contributed by atoms with van der Waals surface area (Å²) < 4.78 is 1.10. The van der Waals surface area contributed by atoms with Crippen LogP contribution in [0, 0.1) is 0 Å². The van der Waals surface area contributed by atoms with E-state index in [1.165, 1.54) is 16.1 Å². The summed E-state index contributed by atoms with van der Waals surface area (Å²) in [5.41, 5.74) is 8.44. The highest BCUT2D eigenvalue weighted by Gasteiger charge is 2.20. The van der Waals surface area contributed by atoms with Gasteiger partial charge in [0.2, 0.25) is 0 Å². The first-order valence-electron chi connectivity index (χ1n) is 5.72. The Bertz CT molecular complexity index is 550. The Balaban J connectivity index is 2.00. The van der Waals surface area contributed by atoms with Crippen molar-refractivity contribution in [3.8, 4) is 10.6 Å². The molecule has 1 aliphatic carbocycles. The number of nitrogens with zero attached hydrogens (tertiary/aromatic N) is 1. The Labute approximate surface area is 113 Å². The average Bonchev–Trinajstić information content (AvgIpc) is 2.72. The van der Waals surface area contributed by atoms with Gasteiger partial charge in [-0.25, -0.2) is 4.98 Å². The van der Waals surface area contributed by atoms with Gasteiger partial charge in [0.15, 0.2) is 0 Å². The van der Waals surface area contributed by atoms with Crippen LogP contribution in [0.5, 0.6) is 0 Å². The smallest absolute Gasteiger partial charge is 0.123 e. The van der Waals surface area contributed by atoms with Crippen molar-refractivity contribution in [3.05, 3.63) is 39.3 Å². The van der Waals surface area contributed by atoms with E-state index in [2.05, 4.69) is 28.1 Å². The fraction of sp³-hybridized carbons (Fsp3) is 0.308. The molecule has 1 unspecified atom stereocenters. The molecule has 0 bridgehead atoms. The van der Waals surface area contributed by atoms with E-state index in [0.717, 1.165) is 28.7 Å². The molecule has 1 aromatic carbocycles. The number of rotatable bonds is 1. The number of halogens is 1. The predicted molar refractivity (Wildman–Crippen MR) is 75.3 cm³/mol. The minimum atomic E-state index is 0.318. The molecule has 2 N–H and O–H groups in total. The molecule has 1 atom stereocenters. The first-order valence-corrected chi connectivity index (χ1v) is 7.33. The van der Waals surface area contributed by atoms with Gasteiger partial charge in [0.05, 0.1) is 5.69 Å². The molecule has 1 aliphatic rings. The molecular weight excluding hydrogens is 296 g/mol. The number of aryl methyl sites for hydroxylation is 1. The van der Waals surface area contributed by atoms with Gasteiger partial charge in [0.25, 0.3) is 0 Å². The van der Waals surface area contributed by atoms with Gasteiger partial charge in [-0.3, -0.25) is 0 Å². The molecule has 0 spiro atoms. The first-order chi connectivity index (χ1) is 8.22. The van der Waals surface area contributed by atoms with Gasteiger partial charge in [0, 0.05) is 21.0 Å². The second-order valence-corrected chi connectivity index (χ2v) is 6.40. The number of benzene rings is 1. The third kappa shape index (κ3) is 2.30. The van der Waals surface area contributed by atoms with Crippen molar-refractivity contribution in [2.75, 3.05) is 0 Å². The fourth-order valence-corrected chi connectivity index (χ4v) is 3.74.